The third-order valence-electron chi connectivity index (χ3n) is 5.32. The van der Waals surface area contributed by atoms with E-state index in [1.807, 2.05) is 4.90 Å². The smallest absolute Gasteiger partial charge is 0.340 e. The van der Waals surface area contributed by atoms with Crippen molar-refractivity contribution < 1.29 is 18.0 Å². The van der Waals surface area contributed by atoms with E-state index in [1.165, 1.54) is 0 Å². The first-order chi connectivity index (χ1) is 12.4. The molecule has 3 rings (SSSR count). The van der Waals surface area contributed by atoms with Gasteiger partial charge in [0.25, 0.3) is 0 Å². The molecule has 1 aromatic rings. The number of halogens is 3. The van der Waals surface area contributed by atoms with Crippen molar-refractivity contribution in [1.82, 2.24) is 15.1 Å². The molecule has 144 valence electrons. The topological polar surface area (TPSA) is 35.6 Å². The van der Waals surface area contributed by atoms with Crippen molar-refractivity contribution in [2.45, 2.75) is 37.9 Å². The van der Waals surface area contributed by atoms with E-state index in [0.29, 0.717) is 13.0 Å². The van der Waals surface area contributed by atoms with Gasteiger partial charge < -0.3 is 10.2 Å². The predicted octanol–water partition coefficient (Wildman–Crippen LogP) is 3.05. The van der Waals surface area contributed by atoms with Crippen molar-refractivity contribution in [2.75, 3.05) is 39.3 Å². The summed E-state index contributed by atoms with van der Waals surface area (Å²) in [6.07, 6.45) is -0.780. The Labute approximate surface area is 152 Å². The van der Waals surface area contributed by atoms with E-state index >= 15 is 0 Å². The van der Waals surface area contributed by atoms with Crippen molar-refractivity contribution in [3.05, 3.63) is 35.4 Å². The van der Waals surface area contributed by atoms with Crippen LogP contribution in [0.5, 0.6) is 0 Å². The second kappa shape index (κ2) is 8.39. The van der Waals surface area contributed by atoms with Crippen LogP contribution in [0.4, 0.5) is 13.2 Å². The second-order valence-corrected chi connectivity index (χ2v) is 7.05. The van der Waals surface area contributed by atoms with E-state index in [9.17, 15) is 18.0 Å². The first-order valence-corrected chi connectivity index (χ1v) is 9.35. The van der Waals surface area contributed by atoms with Crippen LogP contribution in [0.3, 0.4) is 0 Å². The Kier molecular flexibility index (Phi) is 6.19. The van der Waals surface area contributed by atoms with Gasteiger partial charge in [-0.3, -0.25) is 9.69 Å². The van der Waals surface area contributed by atoms with Gasteiger partial charge in [-0.15, -0.1) is 0 Å². The second-order valence-electron chi connectivity index (χ2n) is 7.05. The molecule has 1 atom stereocenters. The first kappa shape index (κ1) is 19.2. The number of alkyl halides is 3. The maximum atomic E-state index is 12.8. The van der Waals surface area contributed by atoms with Crippen LogP contribution in [0, 0.1) is 0 Å². The molecule has 2 aliphatic heterocycles. The molecule has 7 heteroatoms. The summed E-state index contributed by atoms with van der Waals surface area (Å²) >= 11 is 0. The van der Waals surface area contributed by atoms with Gasteiger partial charge in [-0.05, 0) is 37.1 Å². The van der Waals surface area contributed by atoms with Gasteiger partial charge in [0.2, 0.25) is 5.91 Å². The van der Waals surface area contributed by atoms with Crippen LogP contribution >= 0.6 is 0 Å². The van der Waals surface area contributed by atoms with E-state index in [0.717, 1.165) is 69.7 Å². The Morgan fingerprint density at radius 2 is 1.77 bits per heavy atom. The highest BCUT2D eigenvalue weighted by molar-refractivity contribution is 5.76. The summed E-state index contributed by atoms with van der Waals surface area (Å²) in [6, 6.07) is 5.59. The van der Waals surface area contributed by atoms with Crippen LogP contribution in [-0.4, -0.2) is 55.0 Å². The monoisotopic (exact) mass is 369 g/mol. The standard InChI is InChI=1S/C19H26F3N3O/c20-19(21,22)16-6-4-15(5-7-16)17-3-1-2-11-24(17)12-8-18(26)25-13-9-23-10-14-25/h4-7,17,23H,1-3,8-14H2. The molecule has 0 radical (unpaired) electrons. The zero-order chi connectivity index (χ0) is 18.6. The normalized spacial score (nSPS) is 22.4. The lowest BCUT2D eigenvalue weighted by Crippen LogP contribution is -2.47. The molecule has 4 nitrogen and oxygen atoms in total. The van der Waals surface area contributed by atoms with Crippen molar-refractivity contribution >= 4 is 5.91 Å². The zero-order valence-electron chi connectivity index (χ0n) is 14.9. The molecule has 1 aromatic carbocycles. The lowest BCUT2D eigenvalue weighted by Gasteiger charge is -2.36. The molecule has 0 aromatic heterocycles. The fourth-order valence-corrected chi connectivity index (χ4v) is 3.84. The summed E-state index contributed by atoms with van der Waals surface area (Å²) in [5.41, 5.74) is 0.296. The molecule has 2 saturated heterocycles. The average Bonchev–Trinajstić information content (AvgIpc) is 2.66. The van der Waals surface area contributed by atoms with Crippen molar-refractivity contribution in [1.29, 1.82) is 0 Å². The Bertz CT molecular complexity index is 597. The molecular formula is C19H26F3N3O. The van der Waals surface area contributed by atoms with Crippen LogP contribution in [-0.2, 0) is 11.0 Å². The highest BCUT2D eigenvalue weighted by Gasteiger charge is 2.31. The molecule has 0 saturated carbocycles. The molecule has 1 amide bonds. The highest BCUT2D eigenvalue weighted by Crippen LogP contribution is 2.34. The van der Waals surface area contributed by atoms with Crippen LogP contribution in [0.25, 0.3) is 0 Å². The highest BCUT2D eigenvalue weighted by atomic mass is 19.4. The van der Waals surface area contributed by atoms with Gasteiger partial charge in [0.1, 0.15) is 0 Å². The number of hydrogen-bond donors (Lipinski definition) is 1. The Hall–Kier alpha value is -1.60. The summed E-state index contributed by atoms with van der Waals surface area (Å²) in [5, 5.41) is 3.23. The lowest BCUT2D eigenvalue weighted by molar-refractivity contribution is -0.137. The SMILES string of the molecule is O=C(CCN1CCCCC1c1ccc(C(F)(F)F)cc1)N1CCNCC1. The summed E-state index contributed by atoms with van der Waals surface area (Å²) in [4.78, 5) is 16.5. The maximum absolute atomic E-state index is 12.8. The summed E-state index contributed by atoms with van der Waals surface area (Å²) in [7, 11) is 0. The molecule has 2 aliphatic rings. The van der Waals surface area contributed by atoms with Gasteiger partial charge in [-0.1, -0.05) is 18.6 Å². The third-order valence-corrected chi connectivity index (χ3v) is 5.32. The number of likely N-dealkylation sites (tertiary alicyclic amines) is 1. The fourth-order valence-electron chi connectivity index (χ4n) is 3.84. The van der Waals surface area contributed by atoms with Crippen LogP contribution in [0.15, 0.2) is 24.3 Å². The lowest BCUT2D eigenvalue weighted by atomic mass is 9.94. The molecule has 26 heavy (non-hydrogen) atoms. The summed E-state index contributed by atoms with van der Waals surface area (Å²) in [5.74, 6) is 0.170. The van der Waals surface area contributed by atoms with Gasteiger partial charge in [-0.25, -0.2) is 0 Å². The molecule has 0 spiro atoms. The number of nitrogens with one attached hydrogen (secondary N) is 1. The van der Waals surface area contributed by atoms with Crippen LogP contribution in [0.2, 0.25) is 0 Å². The molecule has 0 aliphatic carbocycles. The van der Waals surface area contributed by atoms with Crippen molar-refractivity contribution in [2.24, 2.45) is 0 Å². The maximum Gasteiger partial charge on any atom is 0.416 e. The van der Waals surface area contributed by atoms with E-state index < -0.39 is 11.7 Å². The molecule has 2 heterocycles. The van der Waals surface area contributed by atoms with Gasteiger partial charge in [-0.2, -0.15) is 13.2 Å². The number of rotatable bonds is 4. The quantitative estimate of drug-likeness (QED) is 0.886. The molecule has 2 fully saturated rings. The minimum Gasteiger partial charge on any atom is -0.340 e. The van der Waals surface area contributed by atoms with Gasteiger partial charge >= 0.3 is 6.18 Å². The van der Waals surface area contributed by atoms with Crippen LogP contribution < -0.4 is 5.32 Å². The largest absolute Gasteiger partial charge is 0.416 e. The van der Waals surface area contributed by atoms with E-state index in [1.54, 1.807) is 12.1 Å². The fraction of sp³-hybridized carbons (Fsp3) is 0.632. The molecule has 1 N–H and O–H groups in total. The average molecular weight is 369 g/mol. The van der Waals surface area contributed by atoms with E-state index in [2.05, 4.69) is 10.2 Å². The third kappa shape index (κ3) is 4.76. The number of amides is 1. The zero-order valence-corrected chi connectivity index (χ0v) is 14.9. The van der Waals surface area contributed by atoms with Gasteiger partial charge in [0.05, 0.1) is 5.56 Å². The molecule has 1 unspecified atom stereocenters. The minimum absolute atomic E-state index is 0.0989. The van der Waals surface area contributed by atoms with Gasteiger partial charge in [0.15, 0.2) is 0 Å². The van der Waals surface area contributed by atoms with Gasteiger partial charge in [0, 0.05) is 45.2 Å². The number of piperazine rings is 1. The molecule has 0 bridgehead atoms. The Balaban J connectivity index is 1.61. The predicted molar refractivity (Wildman–Crippen MR) is 93.7 cm³/mol. The van der Waals surface area contributed by atoms with Crippen LogP contribution in [0.1, 0.15) is 42.9 Å². The summed E-state index contributed by atoms with van der Waals surface area (Å²) in [6.45, 7) is 4.73. The Morgan fingerprint density at radius 1 is 1.08 bits per heavy atom. The van der Waals surface area contributed by atoms with E-state index in [4.69, 9.17) is 0 Å². The van der Waals surface area contributed by atoms with Crippen molar-refractivity contribution in [3.8, 4) is 0 Å². The van der Waals surface area contributed by atoms with Crippen molar-refractivity contribution in [3.63, 3.8) is 0 Å². The minimum atomic E-state index is -4.31. The number of piperidine rings is 1. The summed E-state index contributed by atoms with van der Waals surface area (Å²) < 4.78 is 38.3. The molecular weight excluding hydrogens is 343 g/mol. The number of hydrogen-bond acceptors (Lipinski definition) is 3. The number of benzene rings is 1. The number of carbonyl (C=O) groups excluding carboxylic acids is 1. The number of carbonyl (C=O) groups is 1. The first-order valence-electron chi connectivity index (χ1n) is 9.35. The van der Waals surface area contributed by atoms with E-state index in [-0.39, 0.29) is 11.9 Å². The number of nitrogens with zero attached hydrogens (tertiary/aromatic N) is 2. The Morgan fingerprint density at radius 3 is 2.42 bits per heavy atom.